The third-order valence-corrected chi connectivity index (χ3v) is 6.05. The molecule has 26 heavy (non-hydrogen) atoms. The van der Waals surface area contributed by atoms with Crippen LogP contribution >= 0.6 is 11.3 Å². The average Bonchev–Trinajstić information content (AvgIpc) is 3.05. The Morgan fingerprint density at radius 3 is 2.50 bits per heavy atom. The van der Waals surface area contributed by atoms with Gasteiger partial charge in [-0.2, -0.15) is 5.10 Å². The number of fused-ring (bicyclic) bond motifs is 1. The Hall–Kier alpha value is -2.21. The predicted octanol–water partition coefficient (Wildman–Crippen LogP) is 3.99. The van der Waals surface area contributed by atoms with Crippen molar-refractivity contribution in [1.29, 1.82) is 0 Å². The fourth-order valence-electron chi connectivity index (χ4n) is 3.38. The number of para-hydroxylation sites is 1. The van der Waals surface area contributed by atoms with Gasteiger partial charge in [0, 0.05) is 24.6 Å². The molecule has 0 N–H and O–H groups in total. The summed E-state index contributed by atoms with van der Waals surface area (Å²) in [7, 11) is 0. The second kappa shape index (κ2) is 6.50. The molecule has 4 rings (SSSR count). The molecule has 0 aliphatic carbocycles. The largest absolute Gasteiger partial charge is 0.348 e. The number of benzene rings is 1. The van der Waals surface area contributed by atoms with Gasteiger partial charge >= 0.3 is 0 Å². The molecule has 1 saturated heterocycles. The summed E-state index contributed by atoms with van der Waals surface area (Å²) in [5, 5.41) is 5.75. The highest BCUT2D eigenvalue weighted by Crippen LogP contribution is 2.32. The van der Waals surface area contributed by atoms with E-state index in [0.717, 1.165) is 42.3 Å². The van der Waals surface area contributed by atoms with E-state index < -0.39 is 0 Å². The SMILES string of the molecule is CC(C)(C)c1ccc(=O)n(C2CCN(c3nc4ccccc4s3)CC2)n1. The van der Waals surface area contributed by atoms with E-state index in [1.807, 2.05) is 12.1 Å². The van der Waals surface area contributed by atoms with Crippen molar-refractivity contribution in [2.75, 3.05) is 18.0 Å². The number of rotatable bonds is 2. The Kier molecular flexibility index (Phi) is 4.31. The molecule has 136 valence electrons. The molecule has 1 fully saturated rings. The average molecular weight is 369 g/mol. The van der Waals surface area contributed by atoms with Crippen molar-refractivity contribution in [1.82, 2.24) is 14.8 Å². The lowest BCUT2D eigenvalue weighted by Gasteiger charge is -2.32. The van der Waals surface area contributed by atoms with E-state index >= 15 is 0 Å². The molecule has 1 aliphatic heterocycles. The van der Waals surface area contributed by atoms with Crippen LogP contribution in [-0.4, -0.2) is 27.9 Å². The number of nitrogens with zero attached hydrogens (tertiary/aromatic N) is 4. The molecule has 0 bridgehead atoms. The second-order valence-corrected chi connectivity index (χ2v) is 8.94. The molecule has 0 saturated carbocycles. The quantitative estimate of drug-likeness (QED) is 0.686. The van der Waals surface area contributed by atoms with Crippen LogP contribution in [0.2, 0.25) is 0 Å². The Labute approximate surface area is 157 Å². The third-order valence-electron chi connectivity index (χ3n) is 4.96. The smallest absolute Gasteiger partial charge is 0.267 e. The van der Waals surface area contributed by atoms with Crippen LogP contribution in [-0.2, 0) is 5.41 Å². The highest BCUT2D eigenvalue weighted by Gasteiger charge is 2.25. The number of piperidine rings is 1. The summed E-state index contributed by atoms with van der Waals surface area (Å²) < 4.78 is 2.93. The van der Waals surface area contributed by atoms with E-state index in [-0.39, 0.29) is 17.0 Å². The lowest BCUT2D eigenvalue weighted by Crippen LogP contribution is -2.39. The van der Waals surface area contributed by atoms with Crippen LogP contribution in [0, 0.1) is 0 Å². The van der Waals surface area contributed by atoms with Gasteiger partial charge in [-0.25, -0.2) is 9.67 Å². The number of hydrogen-bond acceptors (Lipinski definition) is 5. The van der Waals surface area contributed by atoms with E-state index in [0.29, 0.717) is 0 Å². The van der Waals surface area contributed by atoms with Gasteiger partial charge in [0.25, 0.3) is 5.56 Å². The molecule has 5 nitrogen and oxygen atoms in total. The minimum atomic E-state index is -0.0584. The molecular formula is C20H24N4OS. The fourth-order valence-corrected chi connectivity index (χ4v) is 4.40. The number of anilines is 1. The topological polar surface area (TPSA) is 51.0 Å². The second-order valence-electron chi connectivity index (χ2n) is 7.93. The Morgan fingerprint density at radius 2 is 1.81 bits per heavy atom. The van der Waals surface area contributed by atoms with Crippen LogP contribution < -0.4 is 10.5 Å². The van der Waals surface area contributed by atoms with E-state index in [2.05, 4.69) is 49.0 Å². The van der Waals surface area contributed by atoms with Gasteiger partial charge in [-0.1, -0.05) is 44.2 Å². The summed E-state index contributed by atoms with van der Waals surface area (Å²) in [5.41, 5.74) is 1.96. The van der Waals surface area contributed by atoms with Gasteiger partial charge in [0.15, 0.2) is 5.13 Å². The molecule has 3 aromatic rings. The predicted molar refractivity (Wildman–Crippen MR) is 107 cm³/mol. The summed E-state index contributed by atoms with van der Waals surface area (Å²) >= 11 is 1.74. The summed E-state index contributed by atoms with van der Waals surface area (Å²) in [4.78, 5) is 19.4. The van der Waals surface area contributed by atoms with E-state index in [1.165, 1.54) is 4.70 Å². The van der Waals surface area contributed by atoms with Crippen LogP contribution in [0.15, 0.2) is 41.2 Å². The molecule has 0 atom stereocenters. The molecule has 0 spiro atoms. The Bertz CT molecular complexity index is 944. The van der Waals surface area contributed by atoms with Gasteiger partial charge in [-0.3, -0.25) is 4.79 Å². The zero-order valence-electron chi connectivity index (χ0n) is 15.5. The molecule has 6 heteroatoms. The maximum Gasteiger partial charge on any atom is 0.267 e. The van der Waals surface area contributed by atoms with Crippen molar-refractivity contribution in [2.45, 2.75) is 45.1 Å². The molecule has 2 aromatic heterocycles. The first-order chi connectivity index (χ1) is 12.4. The van der Waals surface area contributed by atoms with E-state index in [4.69, 9.17) is 4.98 Å². The van der Waals surface area contributed by atoms with Crippen LogP contribution in [0.4, 0.5) is 5.13 Å². The van der Waals surface area contributed by atoms with Gasteiger partial charge in [0.1, 0.15) is 0 Å². The van der Waals surface area contributed by atoms with Crippen molar-refractivity contribution in [3.05, 3.63) is 52.4 Å². The van der Waals surface area contributed by atoms with Crippen molar-refractivity contribution in [2.24, 2.45) is 0 Å². The van der Waals surface area contributed by atoms with Crippen molar-refractivity contribution >= 4 is 26.7 Å². The zero-order valence-corrected chi connectivity index (χ0v) is 16.3. The monoisotopic (exact) mass is 368 g/mol. The van der Waals surface area contributed by atoms with Gasteiger partial charge < -0.3 is 4.90 Å². The number of thiazole rings is 1. The molecule has 3 heterocycles. The first-order valence-electron chi connectivity index (χ1n) is 9.13. The van der Waals surface area contributed by atoms with Crippen LogP contribution in [0.25, 0.3) is 10.2 Å². The zero-order chi connectivity index (χ0) is 18.3. The normalized spacial score (nSPS) is 16.3. The van der Waals surface area contributed by atoms with Gasteiger partial charge in [-0.15, -0.1) is 0 Å². The first kappa shape index (κ1) is 17.2. The van der Waals surface area contributed by atoms with Crippen LogP contribution in [0.1, 0.15) is 45.3 Å². The number of hydrogen-bond donors (Lipinski definition) is 0. The van der Waals surface area contributed by atoms with Crippen molar-refractivity contribution in [3.63, 3.8) is 0 Å². The maximum atomic E-state index is 12.3. The van der Waals surface area contributed by atoms with E-state index in [9.17, 15) is 4.79 Å². The molecular weight excluding hydrogens is 344 g/mol. The highest BCUT2D eigenvalue weighted by atomic mass is 32.1. The third kappa shape index (κ3) is 3.26. The molecule has 1 aromatic carbocycles. The summed E-state index contributed by atoms with van der Waals surface area (Å²) in [5.74, 6) is 0. The highest BCUT2D eigenvalue weighted by molar-refractivity contribution is 7.22. The van der Waals surface area contributed by atoms with E-state index in [1.54, 1.807) is 22.1 Å². The van der Waals surface area contributed by atoms with Crippen molar-refractivity contribution in [3.8, 4) is 0 Å². The number of aromatic nitrogens is 3. The molecule has 0 unspecified atom stereocenters. The van der Waals surface area contributed by atoms with Gasteiger partial charge in [0.2, 0.25) is 0 Å². The Balaban J connectivity index is 1.52. The summed E-state index contributed by atoms with van der Waals surface area (Å²) in [6.07, 6.45) is 1.83. The lowest BCUT2D eigenvalue weighted by molar-refractivity contribution is 0.344. The fraction of sp³-hybridized carbons (Fsp3) is 0.450. The standard InChI is InChI=1S/C20H24N4OS/c1-20(2,3)17-8-9-18(25)24(22-17)14-10-12-23(13-11-14)19-21-15-6-4-5-7-16(15)26-19/h4-9,14H,10-13H2,1-3H3. The van der Waals surface area contributed by atoms with Crippen molar-refractivity contribution < 1.29 is 0 Å². The minimum Gasteiger partial charge on any atom is -0.348 e. The maximum absolute atomic E-state index is 12.3. The van der Waals surface area contributed by atoms with Crippen LogP contribution in [0.5, 0.6) is 0 Å². The first-order valence-corrected chi connectivity index (χ1v) is 9.94. The van der Waals surface area contributed by atoms with Gasteiger partial charge in [0.05, 0.1) is 22.0 Å². The van der Waals surface area contributed by atoms with Gasteiger partial charge in [-0.05, 0) is 31.0 Å². The molecule has 0 radical (unpaired) electrons. The Morgan fingerprint density at radius 1 is 1.08 bits per heavy atom. The summed E-state index contributed by atoms with van der Waals surface area (Å²) in [6.45, 7) is 8.18. The molecule has 1 aliphatic rings. The minimum absolute atomic E-state index is 0.00330. The summed E-state index contributed by atoms with van der Waals surface area (Å²) in [6, 6.07) is 11.9. The van der Waals surface area contributed by atoms with Crippen LogP contribution in [0.3, 0.4) is 0 Å². The molecule has 0 amide bonds. The lowest BCUT2D eigenvalue weighted by atomic mass is 9.92.